The second kappa shape index (κ2) is 7.36. The molecule has 0 saturated heterocycles. The van der Waals surface area contributed by atoms with E-state index in [9.17, 15) is 10.1 Å². The minimum Gasteiger partial charge on any atom is -0.436 e. The van der Waals surface area contributed by atoms with E-state index in [1.165, 1.54) is 6.07 Å². The number of aromatic nitrogens is 1. The van der Waals surface area contributed by atoms with Gasteiger partial charge in [0.05, 0.1) is 15.1 Å². The molecule has 0 atom stereocenters. The highest BCUT2D eigenvalue weighted by molar-refractivity contribution is 9.10. The minimum atomic E-state index is -0.433. The molecule has 0 bridgehead atoms. The molecule has 7 heteroatoms. The van der Waals surface area contributed by atoms with E-state index in [1.54, 1.807) is 18.3 Å². The van der Waals surface area contributed by atoms with Crippen LogP contribution in [0.3, 0.4) is 0 Å². The van der Waals surface area contributed by atoms with Crippen molar-refractivity contribution in [3.8, 4) is 11.5 Å². The van der Waals surface area contributed by atoms with Gasteiger partial charge in [-0.2, -0.15) is 0 Å². The molecular weight excluding hydrogens is 422 g/mol. The van der Waals surface area contributed by atoms with Crippen molar-refractivity contribution in [3.63, 3.8) is 0 Å². The second-order valence-electron chi connectivity index (χ2n) is 6.22. The number of hydrogen-bond acceptors (Lipinski definition) is 5. The molecule has 28 heavy (non-hydrogen) atoms. The molecule has 3 aromatic carbocycles. The van der Waals surface area contributed by atoms with E-state index in [0.29, 0.717) is 21.6 Å². The Balaban J connectivity index is 1.65. The average molecular weight is 436 g/mol. The van der Waals surface area contributed by atoms with Crippen molar-refractivity contribution >= 4 is 44.6 Å². The highest BCUT2D eigenvalue weighted by atomic mass is 79.9. The maximum Gasteiger partial charge on any atom is 0.284 e. The first-order valence-corrected chi connectivity index (χ1v) is 9.25. The zero-order valence-electron chi connectivity index (χ0n) is 14.8. The topological polar surface area (TPSA) is 81.5 Å². The summed E-state index contributed by atoms with van der Waals surface area (Å²) in [5.41, 5.74) is 4.78. The Morgan fingerprint density at radius 1 is 1.14 bits per heavy atom. The lowest BCUT2D eigenvalue weighted by atomic mass is 10.2. The standard InChI is InChI=1S/C21H14BrN3O3/c1-13-4-2-7-19-20(13)24-21(28-19)15-5-3-6-16(11-15)23-12-14-8-9-17(22)18(10-14)25(26)27/h2-12H,1H3. The lowest BCUT2D eigenvalue weighted by Gasteiger charge is -1.99. The van der Waals surface area contributed by atoms with Crippen molar-refractivity contribution in [2.45, 2.75) is 6.92 Å². The van der Waals surface area contributed by atoms with Crippen LogP contribution in [0.4, 0.5) is 11.4 Å². The predicted octanol–water partition coefficient (Wildman–Crippen LogP) is 6.22. The first kappa shape index (κ1) is 18.1. The number of aryl methyl sites for hydroxylation is 1. The SMILES string of the molecule is Cc1cccc2oc(-c3cccc(N=Cc4ccc(Br)c([N+](=O)[O-])c4)c3)nc12. The number of halogens is 1. The molecule has 1 heterocycles. The fourth-order valence-corrected chi connectivity index (χ4v) is 3.22. The molecule has 6 nitrogen and oxygen atoms in total. The van der Waals surface area contributed by atoms with Crippen molar-refractivity contribution in [2.24, 2.45) is 4.99 Å². The van der Waals surface area contributed by atoms with E-state index in [0.717, 1.165) is 22.2 Å². The number of nitrogens with zero attached hydrogens (tertiary/aromatic N) is 3. The number of para-hydroxylation sites is 1. The maximum atomic E-state index is 11.1. The molecule has 0 unspecified atom stereocenters. The van der Waals surface area contributed by atoms with E-state index < -0.39 is 4.92 Å². The third kappa shape index (κ3) is 3.57. The van der Waals surface area contributed by atoms with Gasteiger partial charge in [0.25, 0.3) is 5.69 Å². The van der Waals surface area contributed by atoms with Crippen LogP contribution in [0.1, 0.15) is 11.1 Å². The third-order valence-electron chi connectivity index (χ3n) is 4.24. The molecule has 4 rings (SSSR count). The maximum absolute atomic E-state index is 11.1. The molecule has 0 aliphatic carbocycles. The Hall–Kier alpha value is -3.32. The van der Waals surface area contributed by atoms with Gasteiger partial charge in [0, 0.05) is 17.8 Å². The van der Waals surface area contributed by atoms with E-state index >= 15 is 0 Å². The van der Waals surface area contributed by atoms with E-state index in [-0.39, 0.29) is 5.69 Å². The van der Waals surface area contributed by atoms with Gasteiger partial charge in [-0.3, -0.25) is 15.1 Å². The summed E-state index contributed by atoms with van der Waals surface area (Å²) in [7, 11) is 0. The van der Waals surface area contributed by atoms with Gasteiger partial charge in [0.15, 0.2) is 5.58 Å². The zero-order valence-corrected chi connectivity index (χ0v) is 16.4. The molecule has 1 aromatic heterocycles. The summed E-state index contributed by atoms with van der Waals surface area (Å²) in [6, 6.07) is 18.2. The molecule has 0 aliphatic rings. The third-order valence-corrected chi connectivity index (χ3v) is 4.91. The number of nitro benzene ring substituents is 1. The highest BCUT2D eigenvalue weighted by Gasteiger charge is 2.12. The van der Waals surface area contributed by atoms with Crippen molar-refractivity contribution in [2.75, 3.05) is 0 Å². The van der Waals surface area contributed by atoms with Crippen molar-refractivity contribution in [1.29, 1.82) is 0 Å². The fraction of sp³-hybridized carbons (Fsp3) is 0.0476. The fourth-order valence-electron chi connectivity index (χ4n) is 2.83. The van der Waals surface area contributed by atoms with Gasteiger partial charge < -0.3 is 4.42 Å². The molecule has 0 spiro atoms. The normalized spacial score (nSPS) is 11.4. The van der Waals surface area contributed by atoms with E-state index in [1.807, 2.05) is 49.4 Å². The van der Waals surface area contributed by atoms with Crippen molar-refractivity contribution < 1.29 is 9.34 Å². The molecule has 4 aromatic rings. The molecule has 0 N–H and O–H groups in total. The van der Waals surface area contributed by atoms with Crippen LogP contribution in [0.15, 0.2) is 74.5 Å². The van der Waals surface area contributed by atoms with Gasteiger partial charge in [0.1, 0.15) is 5.52 Å². The number of benzene rings is 3. The quantitative estimate of drug-likeness (QED) is 0.216. The van der Waals surface area contributed by atoms with Gasteiger partial charge in [-0.05, 0) is 64.3 Å². The molecule has 0 amide bonds. The van der Waals surface area contributed by atoms with Crippen LogP contribution < -0.4 is 0 Å². The van der Waals surface area contributed by atoms with Gasteiger partial charge in [-0.15, -0.1) is 0 Å². The number of fused-ring (bicyclic) bond motifs is 1. The summed E-state index contributed by atoms with van der Waals surface area (Å²) in [5, 5.41) is 11.1. The first-order chi connectivity index (χ1) is 13.5. The summed E-state index contributed by atoms with van der Waals surface area (Å²) in [6.45, 7) is 1.99. The summed E-state index contributed by atoms with van der Waals surface area (Å²) >= 11 is 3.18. The van der Waals surface area contributed by atoms with Crippen LogP contribution in [-0.4, -0.2) is 16.1 Å². The number of oxazole rings is 1. The smallest absolute Gasteiger partial charge is 0.284 e. The molecule has 0 radical (unpaired) electrons. The minimum absolute atomic E-state index is 0.000420. The van der Waals surface area contributed by atoms with Gasteiger partial charge >= 0.3 is 0 Å². The number of rotatable bonds is 4. The summed E-state index contributed by atoms with van der Waals surface area (Å²) < 4.78 is 6.30. The Kier molecular flexibility index (Phi) is 4.75. The predicted molar refractivity (Wildman–Crippen MR) is 112 cm³/mol. The van der Waals surface area contributed by atoms with Crippen LogP contribution in [0, 0.1) is 17.0 Å². The highest BCUT2D eigenvalue weighted by Crippen LogP contribution is 2.29. The van der Waals surface area contributed by atoms with E-state index in [4.69, 9.17) is 4.42 Å². The summed E-state index contributed by atoms with van der Waals surface area (Å²) in [4.78, 5) is 19.6. The van der Waals surface area contributed by atoms with Crippen molar-refractivity contribution in [3.05, 3.63) is 86.4 Å². The van der Waals surface area contributed by atoms with Crippen molar-refractivity contribution in [1.82, 2.24) is 4.98 Å². The number of aliphatic imine (C=N–C) groups is 1. The first-order valence-electron chi connectivity index (χ1n) is 8.46. The van der Waals surface area contributed by atoms with Crippen LogP contribution in [0.2, 0.25) is 0 Å². The van der Waals surface area contributed by atoms with Crippen LogP contribution >= 0.6 is 15.9 Å². The number of hydrogen-bond donors (Lipinski definition) is 0. The van der Waals surface area contributed by atoms with Crippen LogP contribution in [0.5, 0.6) is 0 Å². The van der Waals surface area contributed by atoms with Gasteiger partial charge in [0.2, 0.25) is 5.89 Å². The molecule has 0 aliphatic heterocycles. The zero-order chi connectivity index (χ0) is 19.7. The lowest BCUT2D eigenvalue weighted by molar-refractivity contribution is -0.385. The summed E-state index contributed by atoms with van der Waals surface area (Å²) in [5.74, 6) is 0.528. The monoisotopic (exact) mass is 435 g/mol. The lowest BCUT2D eigenvalue weighted by Crippen LogP contribution is -1.91. The largest absolute Gasteiger partial charge is 0.436 e. The number of nitro groups is 1. The van der Waals surface area contributed by atoms with Gasteiger partial charge in [-0.1, -0.05) is 24.3 Å². The summed E-state index contributed by atoms with van der Waals surface area (Å²) in [6.07, 6.45) is 1.59. The molecule has 138 valence electrons. The molecule has 0 saturated carbocycles. The van der Waals surface area contributed by atoms with Crippen LogP contribution in [0.25, 0.3) is 22.6 Å². The molecular formula is C21H14BrN3O3. The Morgan fingerprint density at radius 2 is 1.96 bits per heavy atom. The Labute approximate surface area is 168 Å². The Morgan fingerprint density at radius 3 is 2.75 bits per heavy atom. The second-order valence-corrected chi connectivity index (χ2v) is 7.07. The van der Waals surface area contributed by atoms with Gasteiger partial charge in [-0.25, -0.2) is 4.98 Å². The average Bonchev–Trinajstić information content (AvgIpc) is 3.13. The van der Waals surface area contributed by atoms with Crippen LogP contribution in [-0.2, 0) is 0 Å². The molecule has 0 fully saturated rings. The van der Waals surface area contributed by atoms with E-state index in [2.05, 4.69) is 25.9 Å². The Bertz CT molecular complexity index is 1230.